The maximum Gasteiger partial charge on any atom is 0.251 e. The van der Waals surface area contributed by atoms with E-state index < -0.39 is 36.5 Å². The number of aryl methyl sites for hydroxylation is 1. The van der Waals surface area contributed by atoms with Crippen molar-refractivity contribution in [1.82, 2.24) is 14.5 Å². The second-order valence-electron chi connectivity index (χ2n) is 5.96. The molecule has 0 aromatic carbocycles. The van der Waals surface area contributed by atoms with Crippen molar-refractivity contribution in [3.8, 4) is 0 Å². The molecule has 1 aliphatic heterocycles. The van der Waals surface area contributed by atoms with E-state index in [1.54, 1.807) is 6.92 Å². The molecule has 7 N–H and O–H groups in total. The van der Waals surface area contributed by atoms with Crippen LogP contribution in [0.25, 0.3) is 11.0 Å². The number of aliphatic hydroxyl groups excluding tert-OH is 3. The number of hydrogen-bond donors (Lipinski definition) is 5. The van der Waals surface area contributed by atoms with Crippen LogP contribution in [0.3, 0.4) is 0 Å². The maximum absolute atomic E-state index is 11.8. The number of fused-ring (bicyclic) bond motifs is 1. The number of rotatable bonds is 3. The monoisotopic (exact) mass is 335 g/mol. The second kappa shape index (κ2) is 5.41. The van der Waals surface area contributed by atoms with Gasteiger partial charge in [-0.25, -0.2) is 9.97 Å². The maximum atomic E-state index is 11.8. The number of hydrogen-bond acceptors (Lipinski definition) is 8. The summed E-state index contributed by atoms with van der Waals surface area (Å²) in [5.41, 5.74) is 10.1. The number of carbonyl (C=O) groups is 1. The Kier molecular flexibility index (Phi) is 3.75. The fourth-order valence-corrected chi connectivity index (χ4v) is 3.10. The van der Waals surface area contributed by atoms with E-state index in [9.17, 15) is 20.1 Å². The van der Waals surface area contributed by atoms with E-state index in [-0.39, 0.29) is 22.4 Å². The van der Waals surface area contributed by atoms with Gasteiger partial charge in [0, 0.05) is 6.20 Å². The van der Waals surface area contributed by atoms with Crippen LogP contribution in [0.1, 0.15) is 16.2 Å². The lowest BCUT2D eigenvalue weighted by Crippen LogP contribution is -2.46. The highest BCUT2D eigenvalue weighted by Crippen LogP contribution is 2.37. The molecule has 0 radical (unpaired) electrons. The van der Waals surface area contributed by atoms with Gasteiger partial charge in [0.2, 0.25) is 0 Å². The van der Waals surface area contributed by atoms with E-state index >= 15 is 0 Å². The number of primary amides is 1. The topological polar surface area (TPSA) is 170 Å². The van der Waals surface area contributed by atoms with E-state index in [1.165, 1.54) is 18.6 Å². The Labute approximate surface area is 137 Å². The van der Waals surface area contributed by atoms with Crippen LogP contribution < -0.4 is 11.5 Å². The summed E-state index contributed by atoms with van der Waals surface area (Å²) in [5.74, 6) is -0.320. The zero-order chi connectivity index (χ0) is 17.8. The molecule has 1 amide bonds. The average molecular weight is 335 g/mol. The van der Waals surface area contributed by atoms with Crippen LogP contribution in [0.5, 0.6) is 0 Å². The minimum Gasteiger partial charge on any atom is -0.394 e. The van der Waals surface area contributed by atoms with Crippen LogP contribution in [0.2, 0.25) is 0 Å². The van der Waals surface area contributed by atoms with Gasteiger partial charge in [0.05, 0.1) is 17.6 Å². The molecule has 0 spiro atoms. The summed E-state index contributed by atoms with van der Waals surface area (Å²) in [5, 5.41) is 30.0. The van der Waals surface area contributed by atoms with Crippen LogP contribution >= 0.6 is 0 Å². The number of nitrogen functional groups attached to an aromatic ring is 1. The van der Waals surface area contributed by atoms with E-state index in [4.69, 9.17) is 16.2 Å². The van der Waals surface area contributed by atoms with Crippen LogP contribution in [0.4, 0.5) is 5.82 Å². The van der Waals surface area contributed by atoms with Crippen LogP contribution in [-0.4, -0.2) is 68.5 Å². The van der Waals surface area contributed by atoms with Gasteiger partial charge in [-0.2, -0.15) is 0 Å². The third-order valence-corrected chi connectivity index (χ3v) is 4.35. The summed E-state index contributed by atoms with van der Waals surface area (Å²) in [6.45, 7) is 1.14. The first kappa shape index (κ1) is 16.6. The van der Waals surface area contributed by atoms with Crippen molar-refractivity contribution in [3.63, 3.8) is 0 Å². The molecule has 3 heterocycles. The lowest BCUT2D eigenvalue weighted by atomic mass is 9.84. The van der Waals surface area contributed by atoms with Gasteiger partial charge in [-0.15, -0.1) is 0 Å². The van der Waals surface area contributed by atoms with Gasteiger partial charge in [-0.3, -0.25) is 4.79 Å². The largest absolute Gasteiger partial charge is 0.394 e. The zero-order valence-electron chi connectivity index (χ0n) is 13.2. The molecule has 0 aliphatic carbocycles. The smallest absolute Gasteiger partial charge is 0.251 e. The molecule has 4 atom stereocenters. The molecule has 128 valence electrons. The molecule has 0 bridgehead atoms. The Morgan fingerprint density at radius 1 is 1.50 bits per heavy atom. The first-order valence-corrected chi connectivity index (χ1v) is 7.31. The molecule has 1 aliphatic rings. The van der Waals surface area contributed by atoms with Crippen molar-refractivity contribution in [3.05, 3.63) is 17.6 Å². The first-order valence-electron chi connectivity index (χ1n) is 7.31. The summed E-state index contributed by atoms with van der Waals surface area (Å²) < 4.78 is 7.04. The molecule has 11 heteroatoms. The Morgan fingerprint density at radius 3 is 2.71 bits per heavy atom. The average Bonchev–Trinajstić information content (AvgIpc) is 3.00. The minimum atomic E-state index is -1.48. The highest BCUT2D eigenvalue weighted by atomic mass is 16.6. The highest BCUT2D eigenvalue weighted by molar-refractivity contribution is 6.15. The molecule has 0 unspecified atom stereocenters. The highest BCUT2D eigenvalue weighted by Gasteiger charge is 2.52. The molecule has 0 saturated carbocycles. The Hall–Kier alpha value is -2.21. The summed E-state index contributed by atoms with van der Waals surface area (Å²) in [6, 6.07) is 0. The lowest BCUT2D eigenvalue weighted by molar-refractivity contribution is -0.0841. The van der Waals surface area contributed by atoms with Crippen molar-refractivity contribution in [2.75, 3.05) is 12.3 Å². The standard InChI is InChI=1S/C13H18BN5O5/c1-4-17-10(15)7-5(11(16)23)2-19(12(7)18-4)13(14)9(22)8(21)6(3-20)24-13/h2,6,8-9,20-22H,3,14H2,1H3,(H2,16,23)(H2,15,17,18)/t6-,8-,9-,13+/m1/s1. The van der Waals surface area contributed by atoms with Crippen LogP contribution in [0, 0.1) is 6.92 Å². The Balaban J connectivity index is 2.29. The number of aliphatic hydroxyl groups is 3. The van der Waals surface area contributed by atoms with Crippen LogP contribution in [-0.2, 0) is 10.4 Å². The van der Waals surface area contributed by atoms with E-state index in [0.717, 1.165) is 0 Å². The lowest BCUT2D eigenvalue weighted by Gasteiger charge is -2.30. The van der Waals surface area contributed by atoms with Crippen LogP contribution in [0.15, 0.2) is 6.20 Å². The summed E-state index contributed by atoms with van der Waals surface area (Å²) in [4.78, 5) is 20.0. The SMILES string of the molecule is B[C@@]1(n2cc(C(N)=O)c3c(N)nc(C)nc32)O[C@H](CO)[C@@H](O)[C@H]1O. The third kappa shape index (κ3) is 2.17. The molecular formula is C13H18BN5O5. The van der Waals surface area contributed by atoms with Gasteiger partial charge in [0.25, 0.3) is 5.91 Å². The van der Waals surface area contributed by atoms with E-state index in [0.29, 0.717) is 5.82 Å². The quantitative estimate of drug-likeness (QED) is 0.365. The zero-order valence-corrected chi connectivity index (χ0v) is 13.2. The summed E-state index contributed by atoms with van der Waals surface area (Å²) >= 11 is 0. The van der Waals surface area contributed by atoms with Crippen molar-refractivity contribution in [2.45, 2.75) is 30.9 Å². The number of amides is 1. The molecule has 3 rings (SSSR count). The van der Waals surface area contributed by atoms with Crippen molar-refractivity contribution in [1.29, 1.82) is 0 Å². The fourth-order valence-electron chi connectivity index (χ4n) is 3.10. The Bertz CT molecular complexity index is 827. The Morgan fingerprint density at radius 2 is 2.17 bits per heavy atom. The number of aromatic nitrogens is 3. The number of nitrogens with two attached hydrogens (primary N) is 2. The van der Waals surface area contributed by atoms with Crippen molar-refractivity contribution < 1.29 is 24.9 Å². The second-order valence-corrected chi connectivity index (χ2v) is 5.96. The molecule has 1 fully saturated rings. The number of anilines is 1. The predicted octanol–water partition coefficient (Wildman–Crippen LogP) is -3.22. The third-order valence-electron chi connectivity index (χ3n) is 4.35. The van der Waals surface area contributed by atoms with Gasteiger partial charge in [-0.1, -0.05) is 0 Å². The van der Waals surface area contributed by atoms with Gasteiger partial charge in [0.15, 0.2) is 7.85 Å². The van der Waals surface area contributed by atoms with Gasteiger partial charge in [0.1, 0.15) is 41.2 Å². The predicted molar refractivity (Wildman–Crippen MR) is 85.7 cm³/mol. The molecular weight excluding hydrogens is 317 g/mol. The van der Waals surface area contributed by atoms with E-state index in [2.05, 4.69) is 9.97 Å². The van der Waals surface area contributed by atoms with Crippen molar-refractivity contribution in [2.24, 2.45) is 5.73 Å². The number of nitrogens with zero attached hydrogens (tertiary/aromatic N) is 3. The summed E-state index contributed by atoms with van der Waals surface area (Å²) in [6.07, 6.45) is -2.32. The van der Waals surface area contributed by atoms with E-state index in [1.807, 2.05) is 0 Å². The normalized spacial score (nSPS) is 30.1. The number of ether oxygens (including phenoxy) is 1. The van der Waals surface area contributed by atoms with Gasteiger partial charge >= 0.3 is 0 Å². The molecule has 10 nitrogen and oxygen atoms in total. The summed E-state index contributed by atoms with van der Waals surface area (Å²) in [7, 11) is 1.51. The fraction of sp³-hybridized carbons (Fsp3) is 0.462. The van der Waals surface area contributed by atoms with Gasteiger partial charge in [-0.05, 0) is 6.92 Å². The molecule has 2 aromatic rings. The van der Waals surface area contributed by atoms with Gasteiger partial charge < -0.3 is 36.1 Å². The molecule has 2 aromatic heterocycles. The molecule has 1 saturated heterocycles. The molecule has 24 heavy (non-hydrogen) atoms. The first-order chi connectivity index (χ1) is 11.2. The number of carbonyl (C=O) groups excluding carboxylic acids is 1. The minimum absolute atomic E-state index is 0.0698. The van der Waals surface area contributed by atoms with Crippen molar-refractivity contribution >= 4 is 30.6 Å².